The zero-order valence-corrected chi connectivity index (χ0v) is 12.7. The maximum absolute atomic E-state index is 11.3. The molecule has 2 N–H and O–H groups in total. The van der Waals surface area contributed by atoms with Gasteiger partial charge in [-0.3, -0.25) is 0 Å². The molecular formula is C13H9BrN2O3S. The number of aromatic nitrogens is 2. The molecule has 0 aromatic carbocycles. The van der Waals surface area contributed by atoms with Crippen molar-refractivity contribution in [1.82, 2.24) is 9.97 Å². The molecule has 0 atom stereocenters. The quantitative estimate of drug-likeness (QED) is 0.752. The van der Waals surface area contributed by atoms with Crippen LogP contribution in [0.4, 0.5) is 0 Å². The summed E-state index contributed by atoms with van der Waals surface area (Å²) >= 11 is 4.61. The second-order valence-electron chi connectivity index (χ2n) is 4.01. The SMILES string of the molecule is COc1c(C(=O)O)sc(-c2ccnc3[nH]ccc23)c1Br. The first-order valence-corrected chi connectivity index (χ1v) is 7.26. The predicted octanol–water partition coefficient (Wildman–Crippen LogP) is 3.76. The zero-order chi connectivity index (χ0) is 14.3. The van der Waals surface area contributed by atoms with Crippen LogP contribution in [0.5, 0.6) is 5.75 Å². The van der Waals surface area contributed by atoms with Crippen molar-refractivity contribution in [3.05, 3.63) is 33.9 Å². The third kappa shape index (κ3) is 1.90. The van der Waals surface area contributed by atoms with E-state index in [1.54, 1.807) is 12.4 Å². The van der Waals surface area contributed by atoms with Crippen LogP contribution < -0.4 is 4.74 Å². The number of aromatic carboxylic acids is 1. The minimum atomic E-state index is -1.00. The van der Waals surface area contributed by atoms with Crippen LogP contribution in [0.3, 0.4) is 0 Å². The first-order valence-electron chi connectivity index (χ1n) is 5.65. The molecule has 0 bridgehead atoms. The number of carboxylic acid groups (broad SMARTS) is 1. The Bertz CT molecular complexity index is 809. The third-order valence-corrected chi connectivity index (χ3v) is 5.12. The summed E-state index contributed by atoms with van der Waals surface area (Å²) in [6.45, 7) is 0. The number of pyridine rings is 1. The molecule has 102 valence electrons. The normalized spacial score (nSPS) is 10.9. The van der Waals surface area contributed by atoms with Gasteiger partial charge in [-0.2, -0.15) is 0 Å². The summed E-state index contributed by atoms with van der Waals surface area (Å²) in [7, 11) is 1.46. The lowest BCUT2D eigenvalue weighted by molar-refractivity contribution is 0.0699. The lowest BCUT2D eigenvalue weighted by Gasteiger charge is -2.02. The molecule has 20 heavy (non-hydrogen) atoms. The fraction of sp³-hybridized carbons (Fsp3) is 0.0769. The van der Waals surface area contributed by atoms with E-state index in [2.05, 4.69) is 25.9 Å². The number of hydrogen-bond donors (Lipinski definition) is 2. The lowest BCUT2D eigenvalue weighted by Crippen LogP contribution is -1.95. The van der Waals surface area contributed by atoms with Gasteiger partial charge in [0.25, 0.3) is 0 Å². The molecule has 0 unspecified atom stereocenters. The first-order chi connectivity index (χ1) is 9.63. The molecule has 5 nitrogen and oxygen atoms in total. The Balaban J connectivity index is 2.30. The summed E-state index contributed by atoms with van der Waals surface area (Å²) in [5, 5.41) is 10.2. The van der Waals surface area contributed by atoms with Crippen LogP contribution in [-0.4, -0.2) is 28.2 Å². The predicted molar refractivity (Wildman–Crippen MR) is 80.6 cm³/mol. The van der Waals surface area contributed by atoms with Gasteiger partial charge in [-0.05, 0) is 28.1 Å². The Morgan fingerprint density at radius 1 is 1.50 bits per heavy atom. The Morgan fingerprint density at radius 2 is 2.30 bits per heavy atom. The van der Waals surface area contributed by atoms with E-state index in [1.807, 2.05) is 12.1 Å². The minimum absolute atomic E-state index is 0.176. The van der Waals surface area contributed by atoms with E-state index in [-0.39, 0.29) is 4.88 Å². The average Bonchev–Trinajstić information content (AvgIpc) is 3.02. The van der Waals surface area contributed by atoms with Gasteiger partial charge in [0, 0.05) is 23.3 Å². The molecule has 7 heteroatoms. The Hall–Kier alpha value is -1.86. The summed E-state index contributed by atoms with van der Waals surface area (Å²) in [6.07, 6.45) is 3.49. The van der Waals surface area contributed by atoms with Crippen LogP contribution in [0, 0.1) is 0 Å². The van der Waals surface area contributed by atoms with Gasteiger partial charge in [0.2, 0.25) is 0 Å². The van der Waals surface area contributed by atoms with E-state index in [0.29, 0.717) is 10.2 Å². The molecule has 0 saturated heterocycles. The number of hydrogen-bond acceptors (Lipinski definition) is 4. The van der Waals surface area contributed by atoms with Gasteiger partial charge in [0.1, 0.15) is 5.65 Å². The number of aromatic amines is 1. The number of rotatable bonds is 3. The highest BCUT2D eigenvalue weighted by Gasteiger charge is 2.23. The van der Waals surface area contributed by atoms with Crippen LogP contribution >= 0.6 is 27.3 Å². The minimum Gasteiger partial charge on any atom is -0.494 e. The van der Waals surface area contributed by atoms with Crippen molar-refractivity contribution in [3.63, 3.8) is 0 Å². The highest BCUT2D eigenvalue weighted by atomic mass is 79.9. The molecule has 0 aliphatic rings. The molecule has 3 aromatic heterocycles. The molecular weight excluding hydrogens is 344 g/mol. The number of carbonyl (C=O) groups is 1. The van der Waals surface area contributed by atoms with Crippen molar-refractivity contribution in [2.45, 2.75) is 0 Å². The Morgan fingerprint density at radius 3 is 2.95 bits per heavy atom. The highest BCUT2D eigenvalue weighted by molar-refractivity contribution is 9.10. The highest BCUT2D eigenvalue weighted by Crippen LogP contribution is 2.46. The van der Waals surface area contributed by atoms with Gasteiger partial charge in [0.15, 0.2) is 10.6 Å². The topological polar surface area (TPSA) is 75.2 Å². The molecule has 0 radical (unpaired) electrons. The molecule has 0 aliphatic carbocycles. The number of ether oxygens (including phenoxy) is 1. The first kappa shape index (κ1) is 13.1. The molecule has 3 heterocycles. The standard InChI is InChI=1S/C13H9BrN2O3S/c1-19-9-8(14)10(20-11(9)13(17)18)6-2-4-15-12-7(6)3-5-16-12/h2-5H,1H3,(H,15,16)(H,17,18). The molecule has 3 aromatic rings. The number of H-pyrrole nitrogens is 1. The number of methoxy groups -OCH3 is 1. The number of nitrogens with one attached hydrogen (secondary N) is 1. The van der Waals surface area contributed by atoms with Gasteiger partial charge < -0.3 is 14.8 Å². The maximum Gasteiger partial charge on any atom is 0.349 e. The summed E-state index contributed by atoms with van der Waals surface area (Å²) in [6, 6.07) is 3.77. The summed E-state index contributed by atoms with van der Waals surface area (Å²) in [4.78, 5) is 19.5. The summed E-state index contributed by atoms with van der Waals surface area (Å²) < 4.78 is 5.84. The van der Waals surface area contributed by atoms with Crippen molar-refractivity contribution in [3.8, 4) is 16.2 Å². The molecule has 0 fully saturated rings. The molecule has 3 rings (SSSR count). The number of halogens is 1. The fourth-order valence-electron chi connectivity index (χ4n) is 2.05. The number of nitrogens with zero attached hydrogens (tertiary/aromatic N) is 1. The van der Waals surface area contributed by atoms with E-state index < -0.39 is 5.97 Å². The van der Waals surface area contributed by atoms with E-state index in [0.717, 1.165) is 21.5 Å². The van der Waals surface area contributed by atoms with Crippen molar-refractivity contribution >= 4 is 44.3 Å². The van der Waals surface area contributed by atoms with Gasteiger partial charge in [-0.25, -0.2) is 9.78 Å². The van der Waals surface area contributed by atoms with Gasteiger partial charge in [-0.15, -0.1) is 11.3 Å². The summed E-state index contributed by atoms with van der Waals surface area (Å²) in [5.74, 6) is -0.656. The zero-order valence-electron chi connectivity index (χ0n) is 10.3. The molecule has 0 aliphatic heterocycles. The van der Waals surface area contributed by atoms with Crippen LogP contribution in [0.15, 0.2) is 29.0 Å². The van der Waals surface area contributed by atoms with Crippen LogP contribution in [0.25, 0.3) is 21.5 Å². The Labute approximate surface area is 126 Å². The van der Waals surface area contributed by atoms with Gasteiger partial charge in [-0.1, -0.05) is 0 Å². The van der Waals surface area contributed by atoms with Crippen molar-refractivity contribution in [1.29, 1.82) is 0 Å². The molecule has 0 amide bonds. The number of carboxylic acids is 1. The molecule has 0 spiro atoms. The number of thiophene rings is 1. The van der Waals surface area contributed by atoms with E-state index in [1.165, 1.54) is 18.4 Å². The number of fused-ring (bicyclic) bond motifs is 1. The smallest absolute Gasteiger partial charge is 0.349 e. The van der Waals surface area contributed by atoms with Crippen LogP contribution in [0.2, 0.25) is 0 Å². The third-order valence-electron chi connectivity index (χ3n) is 2.91. The summed E-state index contributed by atoms with van der Waals surface area (Å²) in [5.41, 5.74) is 1.68. The fourth-order valence-corrected chi connectivity index (χ4v) is 4.04. The van der Waals surface area contributed by atoms with E-state index >= 15 is 0 Å². The van der Waals surface area contributed by atoms with Crippen LogP contribution in [-0.2, 0) is 0 Å². The second-order valence-corrected chi connectivity index (χ2v) is 5.82. The van der Waals surface area contributed by atoms with Gasteiger partial charge >= 0.3 is 5.97 Å². The van der Waals surface area contributed by atoms with E-state index in [9.17, 15) is 9.90 Å². The second kappa shape index (κ2) is 4.92. The molecule has 0 saturated carbocycles. The van der Waals surface area contributed by atoms with Crippen molar-refractivity contribution < 1.29 is 14.6 Å². The van der Waals surface area contributed by atoms with Crippen molar-refractivity contribution in [2.75, 3.05) is 7.11 Å². The van der Waals surface area contributed by atoms with Gasteiger partial charge in [0.05, 0.1) is 16.5 Å². The monoisotopic (exact) mass is 352 g/mol. The van der Waals surface area contributed by atoms with E-state index in [4.69, 9.17) is 4.74 Å². The van der Waals surface area contributed by atoms with Crippen LogP contribution in [0.1, 0.15) is 9.67 Å². The average molecular weight is 353 g/mol. The Kier molecular flexibility index (Phi) is 3.23. The maximum atomic E-state index is 11.3. The van der Waals surface area contributed by atoms with Crippen molar-refractivity contribution in [2.24, 2.45) is 0 Å². The lowest BCUT2D eigenvalue weighted by atomic mass is 10.1. The largest absolute Gasteiger partial charge is 0.494 e.